The number of ether oxygens (including phenoxy) is 2. The average molecular weight is 458 g/mol. The second-order valence-electron chi connectivity index (χ2n) is 8.48. The van der Waals surface area contributed by atoms with Gasteiger partial charge in [-0.3, -0.25) is 14.2 Å². The molecule has 1 aromatic heterocycles. The van der Waals surface area contributed by atoms with Crippen molar-refractivity contribution in [2.45, 2.75) is 74.9 Å². The van der Waals surface area contributed by atoms with Gasteiger partial charge in [0, 0.05) is 18.7 Å². The predicted octanol–water partition coefficient (Wildman–Crippen LogP) is 4.06. The Bertz CT molecular complexity index is 1090. The minimum absolute atomic E-state index is 0.0132. The van der Waals surface area contributed by atoms with Crippen LogP contribution in [0, 0.1) is 0 Å². The second-order valence-corrected chi connectivity index (χ2v) is 9.78. The van der Waals surface area contributed by atoms with Crippen LogP contribution in [0.5, 0.6) is 11.5 Å². The number of thioether (sulfide) groups is 1. The van der Waals surface area contributed by atoms with Crippen LogP contribution in [0.25, 0.3) is 10.9 Å². The van der Waals surface area contributed by atoms with E-state index in [-0.39, 0.29) is 16.7 Å². The van der Waals surface area contributed by atoms with E-state index in [9.17, 15) is 9.59 Å². The summed E-state index contributed by atoms with van der Waals surface area (Å²) in [6.07, 6.45) is 9.83. The number of nitrogens with zero attached hydrogens (tertiary/aromatic N) is 2. The van der Waals surface area contributed by atoms with Crippen LogP contribution < -0.4 is 20.3 Å². The Kier molecular flexibility index (Phi) is 7.08. The molecule has 2 aliphatic carbocycles. The van der Waals surface area contributed by atoms with E-state index < -0.39 is 0 Å². The van der Waals surface area contributed by atoms with E-state index in [4.69, 9.17) is 14.5 Å². The van der Waals surface area contributed by atoms with Crippen molar-refractivity contribution in [2.75, 3.05) is 14.2 Å². The second kappa shape index (κ2) is 9.98. The molecule has 2 aliphatic rings. The summed E-state index contributed by atoms with van der Waals surface area (Å²) >= 11 is 1.34. The lowest BCUT2D eigenvalue weighted by molar-refractivity contribution is -0.120. The quantitative estimate of drug-likeness (QED) is 0.347. The third-order valence-corrected chi connectivity index (χ3v) is 7.13. The van der Waals surface area contributed by atoms with Crippen LogP contribution in [-0.2, 0) is 11.3 Å². The first-order valence-electron chi connectivity index (χ1n) is 11.3. The molecule has 1 fully saturated rings. The first kappa shape index (κ1) is 22.7. The number of rotatable bonds is 9. The van der Waals surface area contributed by atoms with Gasteiger partial charge in [0.15, 0.2) is 16.7 Å². The number of aromatic nitrogens is 2. The fourth-order valence-electron chi connectivity index (χ4n) is 3.96. The van der Waals surface area contributed by atoms with Crippen molar-refractivity contribution in [1.82, 2.24) is 14.9 Å². The van der Waals surface area contributed by atoms with Gasteiger partial charge in [0.25, 0.3) is 5.56 Å². The third kappa shape index (κ3) is 5.11. The summed E-state index contributed by atoms with van der Waals surface area (Å²) in [4.78, 5) is 30.9. The molecule has 0 spiro atoms. The number of allylic oxidation sites excluding steroid dienone is 2. The zero-order valence-electron chi connectivity index (χ0n) is 19.0. The molecule has 0 radical (unpaired) electrons. The van der Waals surface area contributed by atoms with E-state index in [2.05, 4.69) is 11.4 Å². The van der Waals surface area contributed by atoms with E-state index in [1.165, 1.54) is 30.2 Å². The molecule has 1 atom stereocenters. The van der Waals surface area contributed by atoms with E-state index in [0.717, 1.165) is 32.1 Å². The highest BCUT2D eigenvalue weighted by atomic mass is 32.2. The van der Waals surface area contributed by atoms with Crippen LogP contribution in [0.1, 0.15) is 51.9 Å². The fraction of sp³-hybridized carbons (Fsp3) is 0.542. The Morgan fingerprint density at radius 1 is 1.25 bits per heavy atom. The maximum atomic E-state index is 13.5. The highest BCUT2D eigenvalue weighted by Crippen LogP contribution is 2.32. The van der Waals surface area contributed by atoms with Gasteiger partial charge in [0.1, 0.15) is 0 Å². The molecule has 2 aromatic rings. The number of hydrogen-bond donors (Lipinski definition) is 1. The van der Waals surface area contributed by atoms with Crippen molar-refractivity contribution >= 4 is 28.6 Å². The maximum Gasteiger partial charge on any atom is 0.262 e. The molecule has 0 saturated heterocycles. The Morgan fingerprint density at radius 3 is 2.66 bits per heavy atom. The maximum absolute atomic E-state index is 13.5. The van der Waals surface area contributed by atoms with Crippen molar-refractivity contribution in [1.29, 1.82) is 0 Å². The minimum Gasteiger partial charge on any atom is -0.493 e. The zero-order valence-corrected chi connectivity index (χ0v) is 19.8. The van der Waals surface area contributed by atoms with Crippen LogP contribution in [0.15, 0.2) is 33.7 Å². The van der Waals surface area contributed by atoms with Gasteiger partial charge in [0.2, 0.25) is 5.91 Å². The average Bonchev–Trinajstić information content (AvgIpc) is 3.62. The molecule has 1 saturated carbocycles. The number of nitrogens with one attached hydrogen (secondary N) is 1. The third-order valence-electron chi connectivity index (χ3n) is 6.04. The SMILES string of the molecule is COc1cc2nc(SC(C)C(=O)NC3CC3)n(CCC3=CCCCC3)c(=O)c2cc1OC. The number of benzene rings is 1. The molecule has 1 amide bonds. The van der Waals surface area contributed by atoms with Gasteiger partial charge in [-0.1, -0.05) is 23.4 Å². The number of amides is 1. The molecule has 0 aliphatic heterocycles. The van der Waals surface area contributed by atoms with Gasteiger partial charge >= 0.3 is 0 Å². The van der Waals surface area contributed by atoms with Crippen LogP contribution in [0.3, 0.4) is 0 Å². The van der Waals surface area contributed by atoms with Crippen molar-refractivity contribution in [3.63, 3.8) is 0 Å². The molecule has 1 aromatic carbocycles. The molecule has 1 N–H and O–H groups in total. The summed E-state index contributed by atoms with van der Waals surface area (Å²) in [7, 11) is 3.11. The highest BCUT2D eigenvalue weighted by Gasteiger charge is 2.27. The van der Waals surface area contributed by atoms with E-state index in [1.807, 2.05) is 6.92 Å². The van der Waals surface area contributed by atoms with Gasteiger partial charge < -0.3 is 14.8 Å². The highest BCUT2D eigenvalue weighted by molar-refractivity contribution is 8.00. The molecule has 7 nitrogen and oxygen atoms in total. The number of carbonyl (C=O) groups excluding carboxylic acids is 1. The summed E-state index contributed by atoms with van der Waals surface area (Å²) in [5.41, 5.74) is 1.81. The van der Waals surface area contributed by atoms with Crippen LogP contribution in [-0.4, -0.2) is 41.0 Å². The summed E-state index contributed by atoms with van der Waals surface area (Å²) in [5, 5.41) is 3.74. The molecular formula is C24H31N3O4S. The van der Waals surface area contributed by atoms with E-state index in [1.54, 1.807) is 30.9 Å². The molecule has 172 valence electrons. The molecule has 0 bridgehead atoms. The summed E-state index contributed by atoms with van der Waals surface area (Å²) in [5.74, 6) is 1.01. The predicted molar refractivity (Wildman–Crippen MR) is 127 cm³/mol. The molecule has 32 heavy (non-hydrogen) atoms. The van der Waals surface area contributed by atoms with Crippen molar-refractivity contribution in [3.8, 4) is 11.5 Å². The van der Waals surface area contributed by atoms with Crippen LogP contribution in [0.2, 0.25) is 0 Å². The lowest BCUT2D eigenvalue weighted by Gasteiger charge is -2.18. The minimum atomic E-state index is -0.347. The lowest BCUT2D eigenvalue weighted by atomic mass is 9.97. The first-order valence-corrected chi connectivity index (χ1v) is 12.2. The van der Waals surface area contributed by atoms with Gasteiger partial charge in [-0.15, -0.1) is 0 Å². The van der Waals surface area contributed by atoms with E-state index in [0.29, 0.717) is 40.1 Å². The fourth-order valence-corrected chi connectivity index (χ4v) is 4.90. The zero-order chi connectivity index (χ0) is 22.7. The summed E-state index contributed by atoms with van der Waals surface area (Å²) < 4.78 is 12.5. The molecule has 1 unspecified atom stereocenters. The Balaban J connectivity index is 1.70. The number of hydrogen-bond acceptors (Lipinski definition) is 6. The monoisotopic (exact) mass is 457 g/mol. The van der Waals surface area contributed by atoms with Crippen LogP contribution >= 0.6 is 11.8 Å². The lowest BCUT2D eigenvalue weighted by Crippen LogP contribution is -2.33. The summed E-state index contributed by atoms with van der Waals surface area (Å²) in [6, 6.07) is 3.72. The number of fused-ring (bicyclic) bond motifs is 1. The van der Waals surface area contributed by atoms with Crippen molar-refractivity contribution < 1.29 is 14.3 Å². The van der Waals surface area contributed by atoms with Crippen LogP contribution in [0.4, 0.5) is 0 Å². The smallest absolute Gasteiger partial charge is 0.262 e. The van der Waals surface area contributed by atoms with Gasteiger partial charge in [0.05, 0.1) is 30.4 Å². The molecular weight excluding hydrogens is 426 g/mol. The van der Waals surface area contributed by atoms with Gasteiger partial charge in [-0.2, -0.15) is 0 Å². The number of methoxy groups -OCH3 is 2. The largest absolute Gasteiger partial charge is 0.493 e. The van der Waals surface area contributed by atoms with E-state index >= 15 is 0 Å². The van der Waals surface area contributed by atoms with Gasteiger partial charge in [-0.25, -0.2) is 4.98 Å². The Hall–Kier alpha value is -2.48. The molecule has 4 rings (SSSR count). The Labute approximate surface area is 192 Å². The van der Waals surface area contributed by atoms with Gasteiger partial charge in [-0.05, 0) is 57.9 Å². The first-order chi connectivity index (χ1) is 15.5. The van der Waals surface area contributed by atoms with Crippen molar-refractivity contribution in [2.24, 2.45) is 0 Å². The topological polar surface area (TPSA) is 82.5 Å². The number of carbonyl (C=O) groups is 1. The standard InChI is InChI=1S/C24H31N3O4S/c1-15(22(28)25-17-9-10-17)32-24-26-19-14-21(31-3)20(30-2)13-18(19)23(29)27(24)12-11-16-7-5-4-6-8-16/h7,13-15,17H,4-6,8-12H2,1-3H3,(H,25,28). The molecule has 8 heteroatoms. The summed E-state index contributed by atoms with van der Waals surface area (Å²) in [6.45, 7) is 2.41. The molecule has 1 heterocycles. The van der Waals surface area contributed by atoms with Crippen molar-refractivity contribution in [3.05, 3.63) is 34.1 Å². The Morgan fingerprint density at radius 2 is 2.00 bits per heavy atom. The normalized spacial score (nSPS) is 17.0.